The van der Waals surface area contributed by atoms with Crippen LogP contribution in [-0.4, -0.2) is 39.7 Å². The molecule has 4 heteroatoms. The number of rotatable bonds is 0. The summed E-state index contributed by atoms with van der Waals surface area (Å²) in [5.41, 5.74) is 0. The van der Waals surface area contributed by atoms with Crippen LogP contribution in [0.1, 0.15) is 6.42 Å². The van der Waals surface area contributed by atoms with Gasteiger partial charge in [-0.25, -0.2) is 0 Å². The monoisotopic (exact) mass is 154 g/mol. The molecule has 1 aliphatic rings. The molecule has 2 atom stereocenters. The molecular formula is C6H9AlNO2+. The second kappa shape index (κ2) is 3.17. The number of nitrogens with zero attached hydrogens (tertiary/aromatic N) is 1. The summed E-state index contributed by atoms with van der Waals surface area (Å²) in [6.45, 7) is 5.32. The highest BCUT2D eigenvalue weighted by Crippen LogP contribution is 2.11. The smallest absolute Gasteiger partial charge is 0.290 e. The summed E-state index contributed by atoms with van der Waals surface area (Å²) >= 11 is 0.887. The van der Waals surface area contributed by atoms with Gasteiger partial charge in [-0.3, -0.25) is 4.79 Å². The van der Waals surface area contributed by atoms with Gasteiger partial charge in [0.05, 0.1) is 11.4 Å². The molecule has 0 radical (unpaired) electrons. The molecule has 1 saturated heterocycles. The molecule has 0 saturated carbocycles. The average Bonchev–Trinajstić information content (AvgIpc) is 1.94. The quantitative estimate of drug-likeness (QED) is 0.430. The van der Waals surface area contributed by atoms with Gasteiger partial charge in [0, 0.05) is 0 Å². The zero-order valence-corrected chi connectivity index (χ0v) is 7.91. The fraction of sp³-hybridized carbons (Fsp3) is 0.667. The van der Waals surface area contributed by atoms with Crippen molar-refractivity contribution in [2.24, 2.45) is 0 Å². The molecule has 0 bridgehead atoms. The highest BCUT2D eigenvalue weighted by molar-refractivity contribution is 6.12. The number of Topliss-reactive ketones (excluding diaryl/α,β-unsaturated/α-hetero) is 1. The Kier molecular flexibility index (Phi) is 2.45. The van der Waals surface area contributed by atoms with Crippen molar-refractivity contribution in [3.63, 3.8) is 0 Å². The van der Waals surface area contributed by atoms with E-state index in [1.807, 2.05) is 0 Å². The van der Waals surface area contributed by atoms with Crippen molar-refractivity contribution in [3.05, 3.63) is 4.85 Å². The van der Waals surface area contributed by atoms with Gasteiger partial charge in [-0.2, -0.15) is 0 Å². The van der Waals surface area contributed by atoms with Gasteiger partial charge in [0.2, 0.25) is 0 Å². The van der Waals surface area contributed by atoms with Crippen molar-refractivity contribution in [2.75, 3.05) is 6.61 Å². The second-order valence-corrected chi connectivity index (χ2v) is 3.61. The van der Waals surface area contributed by atoms with Crippen molar-refractivity contribution < 1.29 is 9.53 Å². The van der Waals surface area contributed by atoms with Crippen LogP contribution in [0.5, 0.6) is 0 Å². The standard InChI is InChI=1S/C6H7NO2.Al.2H/c1-7-5-2-6(8)4-9-3-5;;;/h1,3,5H,2,4H2;;;/q+1;;;. The summed E-state index contributed by atoms with van der Waals surface area (Å²) in [6.07, 6.45) is 0.463. The van der Waals surface area contributed by atoms with Crippen LogP contribution in [0.15, 0.2) is 0 Å². The van der Waals surface area contributed by atoms with E-state index < -0.39 is 0 Å². The van der Waals surface area contributed by atoms with E-state index in [4.69, 9.17) is 11.3 Å². The summed E-state index contributed by atoms with van der Waals surface area (Å²) < 4.78 is 5.13. The number of hydrogen-bond acceptors (Lipinski definition) is 2. The Morgan fingerprint density at radius 3 is 3.00 bits per heavy atom. The largest absolute Gasteiger partial charge is 0.378 e. The molecule has 1 heterocycles. The highest BCUT2D eigenvalue weighted by Gasteiger charge is 2.33. The second-order valence-electron chi connectivity index (χ2n) is 2.48. The molecule has 1 rings (SSSR count). The van der Waals surface area contributed by atoms with Crippen molar-refractivity contribution in [2.45, 2.75) is 17.4 Å². The zero-order chi connectivity index (χ0) is 7.56. The highest BCUT2D eigenvalue weighted by atomic mass is 27.0. The Morgan fingerprint density at radius 1 is 1.80 bits per heavy atom. The fourth-order valence-electron chi connectivity index (χ4n) is 0.968. The first-order valence-corrected chi connectivity index (χ1v) is 4.43. The number of ketones is 1. The summed E-state index contributed by atoms with van der Waals surface area (Å²) in [7, 11) is 0. The van der Waals surface area contributed by atoms with Crippen molar-refractivity contribution >= 4 is 22.1 Å². The molecule has 0 aromatic carbocycles. The Morgan fingerprint density at radius 2 is 2.50 bits per heavy atom. The topological polar surface area (TPSA) is 30.7 Å². The van der Waals surface area contributed by atoms with E-state index in [0.717, 1.165) is 16.3 Å². The summed E-state index contributed by atoms with van der Waals surface area (Å²) in [5.74, 6) is 0.103. The molecule has 0 spiro atoms. The van der Waals surface area contributed by atoms with Crippen LogP contribution >= 0.6 is 0 Å². The minimum atomic E-state index is -0.0760. The molecule has 0 aromatic rings. The normalized spacial score (nSPS) is 33.3. The van der Waals surface area contributed by atoms with Crippen LogP contribution in [0.2, 0.25) is 0 Å². The number of carbonyl (C=O) groups is 1. The molecular weight excluding hydrogens is 145 g/mol. The molecule has 1 fully saturated rings. The Hall–Kier alpha value is -0.348. The summed E-state index contributed by atoms with van der Waals surface area (Å²) in [6, 6.07) is -0.0760. The van der Waals surface area contributed by atoms with Crippen LogP contribution in [0.3, 0.4) is 0 Å². The first-order valence-electron chi connectivity index (χ1n) is 3.27. The van der Waals surface area contributed by atoms with Gasteiger partial charge in [0.25, 0.3) is 28.9 Å². The molecule has 0 amide bonds. The van der Waals surface area contributed by atoms with E-state index >= 15 is 0 Å². The predicted octanol–water partition coefficient (Wildman–Crippen LogP) is -0.734. The zero-order valence-electron chi connectivity index (χ0n) is 5.91. The van der Waals surface area contributed by atoms with E-state index in [-0.39, 0.29) is 23.4 Å². The molecule has 0 aromatic heterocycles. The third-order valence-electron chi connectivity index (χ3n) is 1.68. The van der Waals surface area contributed by atoms with Gasteiger partial charge >= 0.3 is 0 Å². The van der Waals surface area contributed by atoms with Crippen LogP contribution in [-0.2, 0) is 9.53 Å². The molecule has 52 valence electrons. The van der Waals surface area contributed by atoms with Gasteiger partial charge in [-0.1, -0.05) is 4.85 Å². The van der Waals surface area contributed by atoms with E-state index in [1.165, 1.54) is 0 Å². The van der Waals surface area contributed by atoms with Crippen LogP contribution < -0.4 is 0 Å². The predicted molar refractivity (Wildman–Crippen MR) is 40.0 cm³/mol. The fourth-order valence-corrected chi connectivity index (χ4v) is 1.54. The minimum Gasteiger partial charge on any atom is -0.378 e. The lowest BCUT2D eigenvalue weighted by Crippen LogP contribution is -2.37. The lowest BCUT2D eigenvalue weighted by Gasteiger charge is -2.17. The van der Waals surface area contributed by atoms with Gasteiger partial charge < -0.3 is 4.74 Å². The van der Waals surface area contributed by atoms with Gasteiger partial charge in [0.15, 0.2) is 5.78 Å². The summed E-state index contributed by atoms with van der Waals surface area (Å²) in [5, 5.41) is 0. The third kappa shape index (κ3) is 1.58. The third-order valence-corrected chi connectivity index (χ3v) is 2.78. The van der Waals surface area contributed by atoms with Gasteiger partial charge in [-0.15, -0.1) is 0 Å². The van der Waals surface area contributed by atoms with Crippen molar-refractivity contribution in [1.29, 1.82) is 0 Å². The van der Waals surface area contributed by atoms with Crippen molar-refractivity contribution in [1.82, 2.24) is 0 Å². The Labute approximate surface area is 67.6 Å². The van der Waals surface area contributed by atoms with E-state index in [1.54, 1.807) is 0 Å². The molecule has 0 N–H and O–H groups in total. The first kappa shape index (κ1) is 7.76. The minimum absolute atomic E-state index is 0.0760. The number of carbonyl (C=O) groups excluding carboxylic acids is 1. The molecule has 1 unspecified atom stereocenters. The van der Waals surface area contributed by atoms with Crippen LogP contribution in [0.4, 0.5) is 0 Å². The van der Waals surface area contributed by atoms with Gasteiger partial charge in [-0.05, 0) is 0 Å². The average molecular weight is 154 g/mol. The number of ether oxygens (including phenoxy) is 1. The molecule has 1 aliphatic heterocycles. The Bertz CT molecular complexity index is 187. The van der Waals surface area contributed by atoms with E-state index in [9.17, 15) is 4.79 Å². The number of hydrogen-bond donors (Lipinski definition) is 0. The van der Waals surface area contributed by atoms with E-state index in [0.29, 0.717) is 6.42 Å². The molecule has 0 aliphatic carbocycles. The molecule has 3 nitrogen and oxygen atoms in total. The SMILES string of the molecule is C#[N+]C1CC(=O)CO[C@@H]1[AlH2]. The summed E-state index contributed by atoms with van der Waals surface area (Å²) in [4.78, 5) is 14.4. The van der Waals surface area contributed by atoms with Crippen LogP contribution in [0.25, 0.3) is 4.85 Å². The van der Waals surface area contributed by atoms with E-state index in [2.05, 4.69) is 4.85 Å². The maximum atomic E-state index is 10.8. The van der Waals surface area contributed by atoms with Gasteiger partial charge in [0.1, 0.15) is 6.61 Å². The van der Waals surface area contributed by atoms with Crippen LogP contribution in [0, 0.1) is 6.57 Å². The van der Waals surface area contributed by atoms with Crippen molar-refractivity contribution in [3.8, 4) is 6.57 Å². The first-order chi connectivity index (χ1) is 4.74. The lowest BCUT2D eigenvalue weighted by atomic mass is 10.1. The molecule has 10 heavy (non-hydrogen) atoms. The Balaban J connectivity index is 2.56. The maximum absolute atomic E-state index is 10.8. The lowest BCUT2D eigenvalue weighted by molar-refractivity contribution is -0.128. The maximum Gasteiger partial charge on any atom is 0.290 e.